The van der Waals surface area contributed by atoms with Crippen LogP contribution in [-0.4, -0.2) is 23.5 Å². The third kappa shape index (κ3) is 4.45. The van der Waals surface area contributed by atoms with Crippen molar-refractivity contribution < 1.29 is 18.0 Å². The molecule has 1 amide bonds. The molecule has 0 spiro atoms. The summed E-state index contributed by atoms with van der Waals surface area (Å²) in [6, 6.07) is 8.84. The van der Waals surface area contributed by atoms with Crippen LogP contribution >= 0.6 is 0 Å². The van der Waals surface area contributed by atoms with E-state index < -0.39 is 17.3 Å². The number of carbonyl (C=O) groups is 1. The molecule has 7 heteroatoms. The summed E-state index contributed by atoms with van der Waals surface area (Å²) in [4.78, 5) is 17.1. The van der Waals surface area contributed by atoms with Crippen molar-refractivity contribution in [2.24, 2.45) is 0 Å². The minimum absolute atomic E-state index is 0.0162. The van der Waals surface area contributed by atoms with Crippen molar-refractivity contribution in [1.29, 1.82) is 0 Å². The lowest BCUT2D eigenvalue weighted by Crippen LogP contribution is -2.53. The Kier molecular flexibility index (Phi) is 5.98. The highest BCUT2D eigenvalue weighted by atomic mass is 19.4. The summed E-state index contributed by atoms with van der Waals surface area (Å²) in [5.74, 6) is -0.0162. The molecule has 0 radical (unpaired) electrons. The standard InChI is InChI=1S/C22H26F3N3O/c1-4-10-21(20(29)26-3)11-9-18(28-21)19-13-16(12-14(2)27-19)15-5-7-17(8-6-15)22(23,24)25/h5-8,12-13,18,28H,4,9-11H2,1-3H3,(H,26,29)/t18?,21-/m0/s1. The van der Waals surface area contributed by atoms with E-state index in [1.807, 2.05) is 26.0 Å². The summed E-state index contributed by atoms with van der Waals surface area (Å²) >= 11 is 0. The fraction of sp³-hybridized carbons (Fsp3) is 0.455. The van der Waals surface area contributed by atoms with Gasteiger partial charge in [0.1, 0.15) is 0 Å². The Hall–Kier alpha value is -2.41. The van der Waals surface area contributed by atoms with Crippen molar-refractivity contribution >= 4 is 5.91 Å². The van der Waals surface area contributed by atoms with E-state index in [0.29, 0.717) is 5.56 Å². The van der Waals surface area contributed by atoms with Gasteiger partial charge in [0, 0.05) is 12.7 Å². The molecular formula is C22H26F3N3O. The number of benzene rings is 1. The van der Waals surface area contributed by atoms with Gasteiger partial charge in [0.25, 0.3) is 0 Å². The lowest BCUT2D eigenvalue weighted by molar-refractivity contribution is -0.137. The molecule has 156 valence electrons. The molecule has 1 aliphatic heterocycles. The van der Waals surface area contributed by atoms with E-state index in [2.05, 4.69) is 15.6 Å². The molecule has 0 aliphatic carbocycles. The molecule has 29 heavy (non-hydrogen) atoms. The third-order valence-electron chi connectivity index (χ3n) is 5.52. The van der Waals surface area contributed by atoms with Crippen LogP contribution in [0, 0.1) is 6.92 Å². The van der Waals surface area contributed by atoms with Crippen LogP contribution in [0.3, 0.4) is 0 Å². The number of halogens is 3. The van der Waals surface area contributed by atoms with Gasteiger partial charge in [0.05, 0.1) is 22.8 Å². The van der Waals surface area contributed by atoms with Crippen molar-refractivity contribution in [1.82, 2.24) is 15.6 Å². The zero-order chi connectivity index (χ0) is 21.2. The van der Waals surface area contributed by atoms with E-state index >= 15 is 0 Å². The molecule has 1 unspecified atom stereocenters. The number of alkyl halides is 3. The van der Waals surface area contributed by atoms with Gasteiger partial charge in [-0.2, -0.15) is 13.2 Å². The molecule has 2 heterocycles. The molecular weight excluding hydrogens is 379 g/mol. The van der Waals surface area contributed by atoms with Crippen LogP contribution in [0.4, 0.5) is 13.2 Å². The van der Waals surface area contributed by atoms with E-state index in [1.165, 1.54) is 12.1 Å². The average Bonchev–Trinajstić information content (AvgIpc) is 3.12. The van der Waals surface area contributed by atoms with E-state index in [9.17, 15) is 18.0 Å². The number of likely N-dealkylation sites (N-methyl/N-ethyl adjacent to an activating group) is 1. The number of carbonyl (C=O) groups excluding carboxylic acids is 1. The fourth-order valence-electron chi connectivity index (χ4n) is 4.14. The highest BCUT2D eigenvalue weighted by Crippen LogP contribution is 2.37. The maximum absolute atomic E-state index is 12.8. The Morgan fingerprint density at radius 1 is 1.24 bits per heavy atom. The van der Waals surface area contributed by atoms with Crippen LogP contribution < -0.4 is 10.6 Å². The smallest absolute Gasteiger partial charge is 0.358 e. The topological polar surface area (TPSA) is 54.0 Å². The minimum atomic E-state index is -4.35. The zero-order valence-corrected chi connectivity index (χ0v) is 16.9. The molecule has 1 fully saturated rings. The maximum atomic E-state index is 12.8. The fourth-order valence-corrected chi connectivity index (χ4v) is 4.14. The molecule has 2 aromatic rings. The molecule has 1 aliphatic rings. The Balaban J connectivity index is 1.89. The van der Waals surface area contributed by atoms with Gasteiger partial charge in [0.2, 0.25) is 5.91 Å². The molecule has 1 aromatic carbocycles. The predicted molar refractivity (Wildman–Crippen MR) is 106 cm³/mol. The summed E-state index contributed by atoms with van der Waals surface area (Å²) < 4.78 is 38.5. The SMILES string of the molecule is CCC[C@@]1(C(=O)NC)CCC(c2cc(-c3ccc(C(F)(F)F)cc3)cc(C)n2)N1. The van der Waals surface area contributed by atoms with Gasteiger partial charge in [0.15, 0.2) is 0 Å². The van der Waals surface area contributed by atoms with Gasteiger partial charge in [-0.1, -0.05) is 25.5 Å². The predicted octanol–water partition coefficient (Wildman–Crippen LogP) is 4.79. The highest BCUT2D eigenvalue weighted by molar-refractivity contribution is 5.86. The maximum Gasteiger partial charge on any atom is 0.416 e. The number of amides is 1. The van der Waals surface area contributed by atoms with Crippen molar-refractivity contribution in [2.75, 3.05) is 7.05 Å². The monoisotopic (exact) mass is 405 g/mol. The number of rotatable bonds is 5. The number of aryl methyl sites for hydroxylation is 1. The Labute approximate surface area is 168 Å². The van der Waals surface area contributed by atoms with Crippen LogP contribution in [0.5, 0.6) is 0 Å². The second-order valence-corrected chi connectivity index (χ2v) is 7.64. The van der Waals surface area contributed by atoms with Crippen molar-refractivity contribution in [3.05, 3.63) is 53.3 Å². The van der Waals surface area contributed by atoms with E-state index in [4.69, 9.17) is 0 Å². The number of hydrogen-bond donors (Lipinski definition) is 2. The molecule has 3 rings (SSSR count). The average molecular weight is 405 g/mol. The van der Waals surface area contributed by atoms with Gasteiger partial charge >= 0.3 is 6.18 Å². The zero-order valence-electron chi connectivity index (χ0n) is 16.9. The van der Waals surface area contributed by atoms with Gasteiger partial charge in [-0.05, 0) is 61.6 Å². The normalized spacial score (nSPS) is 21.9. The van der Waals surface area contributed by atoms with Crippen LogP contribution in [0.15, 0.2) is 36.4 Å². The number of aromatic nitrogens is 1. The van der Waals surface area contributed by atoms with Gasteiger partial charge in [-0.15, -0.1) is 0 Å². The Bertz CT molecular complexity index is 880. The molecule has 2 N–H and O–H groups in total. The number of nitrogens with zero attached hydrogens (tertiary/aromatic N) is 1. The second-order valence-electron chi connectivity index (χ2n) is 7.64. The number of nitrogens with one attached hydrogen (secondary N) is 2. The lowest BCUT2D eigenvalue weighted by atomic mass is 9.91. The molecule has 1 saturated heterocycles. The van der Waals surface area contributed by atoms with Crippen molar-refractivity contribution in [2.45, 2.75) is 57.3 Å². The van der Waals surface area contributed by atoms with Crippen LogP contribution in [-0.2, 0) is 11.0 Å². The molecule has 0 saturated carbocycles. The molecule has 4 nitrogen and oxygen atoms in total. The highest BCUT2D eigenvalue weighted by Gasteiger charge is 2.44. The van der Waals surface area contributed by atoms with Crippen LogP contribution in [0.2, 0.25) is 0 Å². The first kappa shape index (κ1) is 21.3. The van der Waals surface area contributed by atoms with Gasteiger partial charge in [-0.25, -0.2) is 0 Å². The number of hydrogen-bond acceptors (Lipinski definition) is 3. The van der Waals surface area contributed by atoms with E-state index in [-0.39, 0.29) is 11.9 Å². The largest absolute Gasteiger partial charge is 0.416 e. The molecule has 0 bridgehead atoms. The summed E-state index contributed by atoms with van der Waals surface area (Å²) in [6.07, 6.45) is -1.24. The minimum Gasteiger partial charge on any atom is -0.358 e. The lowest BCUT2D eigenvalue weighted by Gasteiger charge is -2.28. The number of pyridine rings is 1. The molecule has 2 atom stereocenters. The first-order chi connectivity index (χ1) is 13.7. The summed E-state index contributed by atoms with van der Waals surface area (Å²) in [6.45, 7) is 3.91. The van der Waals surface area contributed by atoms with Crippen molar-refractivity contribution in [3.8, 4) is 11.1 Å². The quantitative estimate of drug-likeness (QED) is 0.752. The summed E-state index contributed by atoms with van der Waals surface area (Å²) in [5.41, 5.74) is 1.84. The van der Waals surface area contributed by atoms with Gasteiger partial charge < -0.3 is 5.32 Å². The Morgan fingerprint density at radius 3 is 2.52 bits per heavy atom. The molecule has 1 aromatic heterocycles. The first-order valence-corrected chi connectivity index (χ1v) is 9.84. The third-order valence-corrected chi connectivity index (χ3v) is 5.52. The van der Waals surface area contributed by atoms with E-state index in [1.54, 1.807) is 7.05 Å². The van der Waals surface area contributed by atoms with Crippen LogP contribution in [0.1, 0.15) is 55.6 Å². The first-order valence-electron chi connectivity index (χ1n) is 9.84. The summed E-state index contributed by atoms with van der Waals surface area (Å²) in [7, 11) is 1.64. The van der Waals surface area contributed by atoms with Gasteiger partial charge in [-0.3, -0.25) is 15.1 Å². The van der Waals surface area contributed by atoms with Crippen LogP contribution in [0.25, 0.3) is 11.1 Å². The van der Waals surface area contributed by atoms with Crippen molar-refractivity contribution in [3.63, 3.8) is 0 Å². The summed E-state index contributed by atoms with van der Waals surface area (Å²) in [5, 5.41) is 6.24. The van der Waals surface area contributed by atoms with E-state index in [0.717, 1.165) is 54.8 Å². The second kappa shape index (κ2) is 8.14. The Morgan fingerprint density at radius 2 is 1.93 bits per heavy atom.